The van der Waals surface area contributed by atoms with Gasteiger partial charge in [-0.05, 0) is 37.1 Å². The van der Waals surface area contributed by atoms with Crippen molar-refractivity contribution in [2.75, 3.05) is 32.6 Å². The van der Waals surface area contributed by atoms with E-state index in [0.29, 0.717) is 34.7 Å². The van der Waals surface area contributed by atoms with Gasteiger partial charge >= 0.3 is 0 Å². The number of nitrogens with zero attached hydrogens (tertiary/aromatic N) is 2. The smallest absolute Gasteiger partial charge is 0.257 e. The van der Waals surface area contributed by atoms with Gasteiger partial charge in [-0.1, -0.05) is 35.9 Å². The minimum absolute atomic E-state index is 0.00593. The molecule has 0 aliphatic carbocycles. The first-order valence-electron chi connectivity index (χ1n) is 9.85. The number of likely N-dealkylation sites (N-methyl/N-ethyl adjacent to an activating group) is 1. The molecule has 0 atom stereocenters. The number of hydrogen-bond acceptors (Lipinski definition) is 6. The molecule has 0 unspecified atom stereocenters. The fraction of sp³-hybridized carbons (Fsp3) is 0.261. The summed E-state index contributed by atoms with van der Waals surface area (Å²) in [6, 6.07) is 15.1. The van der Waals surface area contributed by atoms with E-state index in [1.54, 1.807) is 14.2 Å². The average molecular weight is 441 g/mol. The third-order valence-electron chi connectivity index (χ3n) is 4.56. The largest absolute Gasteiger partial charge is 0.495 e. The van der Waals surface area contributed by atoms with Crippen molar-refractivity contribution in [1.29, 1.82) is 0 Å². The standard InChI is InChI=1S/C23H25ClN4O3/c1-15-27-19(18-8-5-9-20(30-3)23(18)24)13-21(28-15)26-11-10-16-6-4-7-17(12-16)31-14-22(29)25-2/h4-9,12-13H,10-11,14H2,1-3H3,(H,25,29)(H,26,27,28). The van der Waals surface area contributed by atoms with Crippen molar-refractivity contribution in [2.45, 2.75) is 13.3 Å². The second-order valence-corrected chi connectivity index (χ2v) is 7.17. The predicted octanol–water partition coefficient (Wildman–Crippen LogP) is 3.89. The maximum absolute atomic E-state index is 11.3. The van der Waals surface area contributed by atoms with Crippen molar-refractivity contribution in [3.05, 3.63) is 64.9 Å². The summed E-state index contributed by atoms with van der Waals surface area (Å²) >= 11 is 6.46. The van der Waals surface area contributed by atoms with E-state index >= 15 is 0 Å². The van der Waals surface area contributed by atoms with Crippen LogP contribution in [0.2, 0.25) is 5.02 Å². The summed E-state index contributed by atoms with van der Waals surface area (Å²) in [6.45, 7) is 2.50. The number of carbonyl (C=O) groups excluding carboxylic acids is 1. The number of rotatable bonds is 9. The van der Waals surface area contributed by atoms with Gasteiger partial charge in [0.15, 0.2) is 6.61 Å². The molecule has 3 aromatic rings. The maximum Gasteiger partial charge on any atom is 0.257 e. The highest BCUT2D eigenvalue weighted by molar-refractivity contribution is 6.34. The van der Waals surface area contributed by atoms with Gasteiger partial charge in [-0.2, -0.15) is 0 Å². The van der Waals surface area contributed by atoms with E-state index in [1.807, 2.05) is 55.5 Å². The lowest BCUT2D eigenvalue weighted by atomic mass is 10.1. The molecule has 2 N–H and O–H groups in total. The van der Waals surface area contributed by atoms with Gasteiger partial charge in [0.25, 0.3) is 5.91 Å². The number of carbonyl (C=O) groups is 1. The molecule has 0 fully saturated rings. The number of anilines is 1. The molecule has 0 radical (unpaired) electrons. The highest BCUT2D eigenvalue weighted by Crippen LogP contribution is 2.34. The summed E-state index contributed by atoms with van der Waals surface area (Å²) in [7, 11) is 3.16. The Morgan fingerprint density at radius 3 is 2.71 bits per heavy atom. The van der Waals surface area contributed by atoms with Crippen LogP contribution in [-0.2, 0) is 11.2 Å². The van der Waals surface area contributed by atoms with Crippen molar-refractivity contribution < 1.29 is 14.3 Å². The number of hydrogen-bond donors (Lipinski definition) is 2. The molecule has 162 valence electrons. The van der Waals surface area contributed by atoms with E-state index in [1.165, 1.54) is 0 Å². The summed E-state index contributed by atoms with van der Waals surface area (Å²) in [4.78, 5) is 20.3. The van der Waals surface area contributed by atoms with E-state index < -0.39 is 0 Å². The lowest BCUT2D eigenvalue weighted by Crippen LogP contribution is -2.24. The van der Waals surface area contributed by atoms with Crippen LogP contribution >= 0.6 is 11.6 Å². The lowest BCUT2D eigenvalue weighted by molar-refractivity contribution is -0.122. The Kier molecular flexibility index (Phi) is 7.67. The molecule has 0 aliphatic heterocycles. The van der Waals surface area contributed by atoms with Crippen LogP contribution in [0.1, 0.15) is 11.4 Å². The molecule has 3 rings (SSSR count). The molecule has 0 bridgehead atoms. The SMILES string of the molecule is CNC(=O)COc1cccc(CCNc2cc(-c3cccc(OC)c3Cl)nc(C)n2)c1. The first kappa shape index (κ1) is 22.4. The lowest BCUT2D eigenvalue weighted by Gasteiger charge is -2.12. The van der Waals surface area contributed by atoms with Crippen molar-refractivity contribution in [3.63, 3.8) is 0 Å². The summed E-state index contributed by atoms with van der Waals surface area (Å²) < 4.78 is 10.8. The van der Waals surface area contributed by atoms with Crippen molar-refractivity contribution >= 4 is 23.3 Å². The highest BCUT2D eigenvalue weighted by atomic mass is 35.5. The minimum atomic E-state index is -0.168. The summed E-state index contributed by atoms with van der Waals surface area (Å²) in [6.07, 6.45) is 0.759. The summed E-state index contributed by atoms with van der Waals surface area (Å²) in [5.74, 6) is 2.45. The Morgan fingerprint density at radius 1 is 1.13 bits per heavy atom. The number of methoxy groups -OCH3 is 1. The number of amides is 1. The third-order valence-corrected chi connectivity index (χ3v) is 4.95. The van der Waals surface area contributed by atoms with E-state index in [9.17, 15) is 4.79 Å². The Hall–Kier alpha value is -3.32. The van der Waals surface area contributed by atoms with Crippen LogP contribution in [0.15, 0.2) is 48.5 Å². The van der Waals surface area contributed by atoms with Gasteiger partial charge in [-0.3, -0.25) is 4.79 Å². The molecule has 1 heterocycles. The fourth-order valence-electron chi connectivity index (χ4n) is 3.01. The van der Waals surface area contributed by atoms with Crippen molar-refractivity contribution in [3.8, 4) is 22.8 Å². The van der Waals surface area contributed by atoms with Crippen LogP contribution in [0.25, 0.3) is 11.3 Å². The Balaban J connectivity index is 1.66. The Bertz CT molecular complexity index is 1060. The molecule has 1 amide bonds. The molecular formula is C23H25ClN4O3. The molecule has 8 heteroatoms. The third kappa shape index (κ3) is 6.08. The molecule has 2 aromatic carbocycles. The number of benzene rings is 2. The number of nitrogens with one attached hydrogen (secondary N) is 2. The number of aryl methyl sites for hydroxylation is 1. The Labute approximate surface area is 186 Å². The van der Waals surface area contributed by atoms with E-state index in [0.717, 1.165) is 23.2 Å². The zero-order valence-electron chi connectivity index (χ0n) is 17.7. The fourth-order valence-corrected chi connectivity index (χ4v) is 3.31. The molecule has 0 spiro atoms. The number of ether oxygens (including phenoxy) is 2. The summed E-state index contributed by atoms with van der Waals surface area (Å²) in [5, 5.41) is 6.39. The molecule has 7 nitrogen and oxygen atoms in total. The van der Waals surface area contributed by atoms with Crippen LogP contribution in [-0.4, -0.2) is 43.2 Å². The van der Waals surface area contributed by atoms with Crippen molar-refractivity contribution in [2.24, 2.45) is 0 Å². The van der Waals surface area contributed by atoms with Gasteiger partial charge in [0.1, 0.15) is 23.1 Å². The monoisotopic (exact) mass is 440 g/mol. The first-order chi connectivity index (χ1) is 15.0. The van der Waals surface area contributed by atoms with Gasteiger partial charge in [-0.15, -0.1) is 0 Å². The van der Waals surface area contributed by atoms with Gasteiger partial charge in [0.05, 0.1) is 17.8 Å². The first-order valence-corrected chi connectivity index (χ1v) is 10.2. The number of halogens is 1. The van der Waals surface area contributed by atoms with Crippen LogP contribution in [0, 0.1) is 6.92 Å². The minimum Gasteiger partial charge on any atom is -0.495 e. The quantitative estimate of drug-likeness (QED) is 0.525. The average Bonchev–Trinajstić information content (AvgIpc) is 2.77. The second kappa shape index (κ2) is 10.6. The van der Waals surface area contributed by atoms with Crippen LogP contribution < -0.4 is 20.1 Å². The molecule has 0 saturated carbocycles. The van der Waals surface area contributed by atoms with Gasteiger partial charge < -0.3 is 20.1 Å². The van der Waals surface area contributed by atoms with E-state index in [-0.39, 0.29) is 12.5 Å². The zero-order chi connectivity index (χ0) is 22.2. The molecule has 0 saturated heterocycles. The zero-order valence-corrected chi connectivity index (χ0v) is 18.5. The maximum atomic E-state index is 11.3. The predicted molar refractivity (Wildman–Crippen MR) is 122 cm³/mol. The molecule has 31 heavy (non-hydrogen) atoms. The molecule has 1 aromatic heterocycles. The number of aromatic nitrogens is 2. The molecule has 0 aliphatic rings. The van der Waals surface area contributed by atoms with E-state index in [4.69, 9.17) is 21.1 Å². The van der Waals surface area contributed by atoms with E-state index in [2.05, 4.69) is 20.6 Å². The second-order valence-electron chi connectivity index (χ2n) is 6.79. The Morgan fingerprint density at radius 2 is 1.94 bits per heavy atom. The highest BCUT2D eigenvalue weighted by Gasteiger charge is 2.12. The van der Waals surface area contributed by atoms with Gasteiger partial charge in [-0.25, -0.2) is 9.97 Å². The molecular weight excluding hydrogens is 416 g/mol. The van der Waals surface area contributed by atoms with Crippen LogP contribution in [0.3, 0.4) is 0 Å². The van der Waals surface area contributed by atoms with Gasteiger partial charge in [0, 0.05) is 25.2 Å². The normalized spacial score (nSPS) is 10.5. The van der Waals surface area contributed by atoms with Crippen LogP contribution in [0.4, 0.5) is 5.82 Å². The summed E-state index contributed by atoms with van der Waals surface area (Å²) in [5.41, 5.74) is 2.60. The topological polar surface area (TPSA) is 85.4 Å². The van der Waals surface area contributed by atoms with Crippen molar-refractivity contribution in [1.82, 2.24) is 15.3 Å². The van der Waals surface area contributed by atoms with Gasteiger partial charge in [0.2, 0.25) is 0 Å². The van der Waals surface area contributed by atoms with Crippen LogP contribution in [0.5, 0.6) is 11.5 Å².